The largest absolute Gasteiger partial charge is 0.123 e. The van der Waals surface area contributed by atoms with Crippen LogP contribution in [0, 0.1) is 0 Å². The molecule has 0 aliphatic carbocycles. The van der Waals surface area contributed by atoms with Crippen LogP contribution < -0.4 is 0 Å². The zero-order valence-electron chi connectivity index (χ0n) is 12.2. The molecule has 0 fully saturated rings. The van der Waals surface area contributed by atoms with Gasteiger partial charge in [-0.25, -0.2) is 0 Å². The zero-order valence-corrected chi connectivity index (χ0v) is 14.5. The van der Waals surface area contributed by atoms with E-state index in [4.69, 9.17) is 11.6 Å². The van der Waals surface area contributed by atoms with Gasteiger partial charge in [0.05, 0.1) is 0 Å². The molecular formula is C16H30BrCl. The van der Waals surface area contributed by atoms with Gasteiger partial charge in [-0.3, -0.25) is 0 Å². The van der Waals surface area contributed by atoms with Crippen molar-refractivity contribution >= 4 is 27.5 Å². The van der Waals surface area contributed by atoms with Gasteiger partial charge in [-0.2, -0.15) is 0 Å². The lowest BCUT2D eigenvalue weighted by molar-refractivity contribution is 0.564. The number of alkyl halides is 2. The number of halogens is 2. The van der Waals surface area contributed by atoms with E-state index in [1.165, 1.54) is 50.5 Å². The summed E-state index contributed by atoms with van der Waals surface area (Å²) in [6.07, 6.45) is 12.6. The fraction of sp³-hybridized carbons (Fsp3) is 0.875. The van der Waals surface area contributed by atoms with E-state index in [-0.39, 0.29) is 0 Å². The SMILES string of the molecule is C=C(C)CCC(Cl)CCCCC(Br)CCCCC. The Morgan fingerprint density at radius 3 is 2.17 bits per heavy atom. The highest BCUT2D eigenvalue weighted by Gasteiger charge is 2.06. The van der Waals surface area contributed by atoms with Crippen LogP contribution in [0.2, 0.25) is 0 Å². The Balaban J connectivity index is 3.34. The molecule has 0 radical (unpaired) electrons. The number of hydrogen-bond donors (Lipinski definition) is 0. The van der Waals surface area contributed by atoms with Crippen LogP contribution in [-0.2, 0) is 0 Å². The predicted molar refractivity (Wildman–Crippen MR) is 89.0 cm³/mol. The molecule has 0 aromatic heterocycles. The second-order valence-electron chi connectivity index (χ2n) is 5.47. The van der Waals surface area contributed by atoms with Gasteiger partial charge in [0.1, 0.15) is 0 Å². The van der Waals surface area contributed by atoms with Crippen LogP contribution in [0.15, 0.2) is 12.2 Å². The van der Waals surface area contributed by atoms with Gasteiger partial charge in [0.25, 0.3) is 0 Å². The molecule has 0 bridgehead atoms. The molecule has 108 valence electrons. The highest BCUT2D eigenvalue weighted by atomic mass is 79.9. The predicted octanol–water partition coefficient (Wildman–Crippen LogP) is 6.85. The van der Waals surface area contributed by atoms with Gasteiger partial charge < -0.3 is 0 Å². The van der Waals surface area contributed by atoms with Crippen molar-refractivity contribution in [3.8, 4) is 0 Å². The number of unbranched alkanes of at least 4 members (excludes halogenated alkanes) is 3. The molecule has 0 amide bonds. The summed E-state index contributed by atoms with van der Waals surface area (Å²) >= 11 is 10.1. The van der Waals surface area contributed by atoms with E-state index < -0.39 is 0 Å². The summed E-state index contributed by atoms with van der Waals surface area (Å²) in [6.45, 7) is 8.25. The van der Waals surface area contributed by atoms with Gasteiger partial charge in [0.2, 0.25) is 0 Å². The minimum atomic E-state index is 0.343. The standard InChI is InChI=1S/C16H30BrCl/c1-4-5-6-9-15(17)10-7-8-11-16(18)13-12-14(2)3/h15-16H,2,4-13H2,1,3H3. The lowest BCUT2D eigenvalue weighted by Gasteiger charge is -2.11. The van der Waals surface area contributed by atoms with Crippen molar-refractivity contribution in [3.05, 3.63) is 12.2 Å². The highest BCUT2D eigenvalue weighted by Crippen LogP contribution is 2.20. The Labute approximate surface area is 128 Å². The molecule has 0 rings (SSSR count). The topological polar surface area (TPSA) is 0 Å². The summed E-state index contributed by atoms with van der Waals surface area (Å²) in [5, 5.41) is 0.343. The Morgan fingerprint density at radius 2 is 1.61 bits per heavy atom. The summed E-state index contributed by atoms with van der Waals surface area (Å²) in [4.78, 5) is 0.716. The van der Waals surface area contributed by atoms with Crippen molar-refractivity contribution in [2.45, 2.75) is 88.3 Å². The second kappa shape index (κ2) is 12.5. The van der Waals surface area contributed by atoms with Gasteiger partial charge >= 0.3 is 0 Å². The average Bonchev–Trinajstić information content (AvgIpc) is 2.32. The zero-order chi connectivity index (χ0) is 13.8. The first-order chi connectivity index (χ1) is 8.56. The minimum absolute atomic E-state index is 0.343. The van der Waals surface area contributed by atoms with Gasteiger partial charge in [0, 0.05) is 10.2 Å². The quantitative estimate of drug-likeness (QED) is 0.207. The maximum atomic E-state index is 6.29. The molecule has 0 nitrogen and oxygen atoms in total. The van der Waals surface area contributed by atoms with E-state index in [0.29, 0.717) is 10.2 Å². The highest BCUT2D eigenvalue weighted by molar-refractivity contribution is 9.09. The van der Waals surface area contributed by atoms with Gasteiger partial charge in [0.15, 0.2) is 0 Å². The second-order valence-corrected chi connectivity index (χ2v) is 7.38. The van der Waals surface area contributed by atoms with Crippen LogP contribution >= 0.6 is 27.5 Å². The molecule has 0 saturated heterocycles. The fourth-order valence-corrected chi connectivity index (χ4v) is 2.95. The maximum absolute atomic E-state index is 6.29. The molecular weight excluding hydrogens is 308 g/mol. The molecule has 0 heterocycles. The lowest BCUT2D eigenvalue weighted by atomic mass is 10.0. The molecule has 0 aliphatic rings. The molecule has 0 aliphatic heterocycles. The first-order valence-electron chi connectivity index (χ1n) is 7.48. The van der Waals surface area contributed by atoms with Crippen molar-refractivity contribution < 1.29 is 0 Å². The van der Waals surface area contributed by atoms with Gasteiger partial charge in [-0.1, -0.05) is 60.5 Å². The molecule has 18 heavy (non-hydrogen) atoms. The normalized spacial score (nSPS) is 14.4. The summed E-state index contributed by atoms with van der Waals surface area (Å²) in [5.41, 5.74) is 1.25. The van der Waals surface area contributed by atoms with E-state index in [9.17, 15) is 0 Å². The third-order valence-corrected chi connectivity index (χ3v) is 4.64. The fourth-order valence-electron chi connectivity index (χ4n) is 2.04. The Morgan fingerprint density at radius 1 is 1.06 bits per heavy atom. The first-order valence-corrected chi connectivity index (χ1v) is 8.84. The van der Waals surface area contributed by atoms with Crippen molar-refractivity contribution in [2.75, 3.05) is 0 Å². The number of rotatable bonds is 12. The summed E-state index contributed by atoms with van der Waals surface area (Å²) in [7, 11) is 0. The molecule has 2 atom stereocenters. The van der Waals surface area contributed by atoms with E-state index >= 15 is 0 Å². The minimum Gasteiger partial charge on any atom is -0.123 e. The monoisotopic (exact) mass is 336 g/mol. The van der Waals surface area contributed by atoms with Crippen LogP contribution in [0.1, 0.15) is 78.1 Å². The van der Waals surface area contributed by atoms with E-state index in [0.717, 1.165) is 19.3 Å². The van der Waals surface area contributed by atoms with Crippen LogP contribution in [-0.4, -0.2) is 10.2 Å². The molecule has 0 saturated carbocycles. The Hall–Kier alpha value is 0.510. The molecule has 0 aromatic carbocycles. The number of hydrogen-bond acceptors (Lipinski definition) is 0. The Bertz CT molecular complexity index is 203. The van der Waals surface area contributed by atoms with Crippen molar-refractivity contribution in [1.29, 1.82) is 0 Å². The van der Waals surface area contributed by atoms with Gasteiger partial charge in [-0.15, -0.1) is 18.2 Å². The van der Waals surface area contributed by atoms with Crippen LogP contribution in [0.4, 0.5) is 0 Å². The van der Waals surface area contributed by atoms with E-state index in [1.807, 2.05) is 0 Å². The van der Waals surface area contributed by atoms with Crippen LogP contribution in [0.5, 0.6) is 0 Å². The van der Waals surface area contributed by atoms with E-state index in [1.54, 1.807) is 0 Å². The molecule has 0 aromatic rings. The third-order valence-electron chi connectivity index (χ3n) is 3.29. The van der Waals surface area contributed by atoms with Crippen LogP contribution in [0.3, 0.4) is 0 Å². The van der Waals surface area contributed by atoms with Crippen molar-refractivity contribution in [1.82, 2.24) is 0 Å². The molecule has 2 unspecified atom stereocenters. The van der Waals surface area contributed by atoms with Gasteiger partial charge in [-0.05, 0) is 39.0 Å². The summed E-state index contributed by atoms with van der Waals surface area (Å²) in [5.74, 6) is 0. The summed E-state index contributed by atoms with van der Waals surface area (Å²) < 4.78 is 0. The molecule has 0 spiro atoms. The molecule has 0 N–H and O–H groups in total. The molecule has 2 heteroatoms. The first kappa shape index (κ1) is 18.5. The van der Waals surface area contributed by atoms with Crippen molar-refractivity contribution in [3.63, 3.8) is 0 Å². The number of allylic oxidation sites excluding steroid dienone is 1. The van der Waals surface area contributed by atoms with Crippen molar-refractivity contribution in [2.24, 2.45) is 0 Å². The third kappa shape index (κ3) is 13.0. The smallest absolute Gasteiger partial charge is 0.0339 e. The average molecular weight is 338 g/mol. The Kier molecular flexibility index (Phi) is 12.9. The summed E-state index contributed by atoms with van der Waals surface area (Å²) in [6, 6.07) is 0. The van der Waals surface area contributed by atoms with E-state index in [2.05, 4.69) is 36.4 Å². The maximum Gasteiger partial charge on any atom is 0.0339 e. The van der Waals surface area contributed by atoms with Crippen LogP contribution in [0.25, 0.3) is 0 Å². The lowest BCUT2D eigenvalue weighted by Crippen LogP contribution is -2.01.